The van der Waals surface area contributed by atoms with Gasteiger partial charge in [-0.05, 0) is 63.7 Å². The molecule has 12 amide bonds. The van der Waals surface area contributed by atoms with Crippen LogP contribution in [0.4, 0.5) is 0 Å². The van der Waals surface area contributed by atoms with E-state index in [1.165, 1.54) is 0 Å². The number of carboxylic acid groups (broad SMARTS) is 3. The van der Waals surface area contributed by atoms with E-state index in [0.717, 1.165) is 11.8 Å². The maximum Gasteiger partial charge on any atom is 0.326 e. The Labute approximate surface area is 511 Å². The number of likely N-dealkylation sites (tertiary alicyclic amines) is 1. The van der Waals surface area contributed by atoms with Crippen LogP contribution in [0.2, 0.25) is 0 Å². The lowest BCUT2D eigenvalue weighted by atomic mass is 9.97. The second kappa shape index (κ2) is 39.4. The Kier molecular flexibility index (Phi) is 34.7. The maximum atomic E-state index is 14.1. The Morgan fingerprint density at radius 3 is 1.62 bits per heavy atom. The summed E-state index contributed by atoms with van der Waals surface area (Å²) in [4.78, 5) is 199. The van der Waals surface area contributed by atoms with Crippen LogP contribution in [0.25, 0.3) is 0 Å². The van der Waals surface area contributed by atoms with Gasteiger partial charge in [0.15, 0.2) is 5.96 Å². The van der Waals surface area contributed by atoms with Crippen molar-refractivity contribution in [1.82, 2.24) is 58.1 Å². The molecule has 0 aromatic heterocycles. The molecule has 1 aliphatic heterocycles. The number of nitrogens with two attached hydrogens (primary N) is 4. The average molecular weight is 1280 g/mol. The fourth-order valence-electron chi connectivity index (χ4n) is 8.34. The van der Waals surface area contributed by atoms with E-state index >= 15 is 0 Å². The summed E-state index contributed by atoms with van der Waals surface area (Å²) in [6, 6.07) is -15.6. The second-order valence-electron chi connectivity index (χ2n) is 21.0. The van der Waals surface area contributed by atoms with Crippen molar-refractivity contribution in [3.05, 3.63) is 0 Å². The van der Waals surface area contributed by atoms with Crippen molar-refractivity contribution in [1.29, 1.82) is 0 Å². The van der Waals surface area contributed by atoms with Gasteiger partial charge in [0.05, 0.1) is 31.8 Å². The smallest absolute Gasteiger partial charge is 0.326 e. The predicted molar refractivity (Wildman–Crippen MR) is 311 cm³/mol. The average Bonchev–Trinajstić information content (AvgIpc) is 3.83. The Morgan fingerprint density at radius 1 is 0.591 bits per heavy atom. The maximum absolute atomic E-state index is 14.1. The molecule has 0 radical (unpaired) electrons. The monoisotopic (exact) mass is 1270 g/mol. The summed E-state index contributed by atoms with van der Waals surface area (Å²) in [6.45, 7) is 5.27. The number of aliphatic imine (C=N–C) groups is 1. The zero-order valence-electron chi connectivity index (χ0n) is 49.5. The highest BCUT2D eigenvalue weighted by Crippen LogP contribution is 2.21. The van der Waals surface area contributed by atoms with Crippen LogP contribution < -0.4 is 76.1 Å². The van der Waals surface area contributed by atoms with Gasteiger partial charge in [-0.3, -0.25) is 72.1 Å². The minimum Gasteiger partial charge on any atom is -0.481 e. The Balaban J connectivity index is 3.30. The molecule has 12 atom stereocenters. The van der Waals surface area contributed by atoms with Gasteiger partial charge in [0, 0.05) is 38.1 Å². The van der Waals surface area contributed by atoms with Crippen LogP contribution >= 0.6 is 12.6 Å². The summed E-state index contributed by atoms with van der Waals surface area (Å²) in [5.41, 5.74) is 21.9. The van der Waals surface area contributed by atoms with Gasteiger partial charge in [-0.1, -0.05) is 34.1 Å². The zero-order valence-corrected chi connectivity index (χ0v) is 50.4. The van der Waals surface area contributed by atoms with Crippen molar-refractivity contribution in [3.8, 4) is 0 Å². The number of hydrogen-bond acceptors (Lipinski definition) is 20. The minimum atomic E-state index is -1.98. The number of nitrogens with zero attached hydrogens (tertiary/aromatic N) is 2. The summed E-state index contributed by atoms with van der Waals surface area (Å²) in [6.07, 6.45) is -4.90. The third-order valence-electron chi connectivity index (χ3n) is 13.6. The first-order valence-electron chi connectivity index (χ1n) is 28.1. The van der Waals surface area contributed by atoms with Gasteiger partial charge in [0.2, 0.25) is 70.9 Å². The Morgan fingerprint density at radius 2 is 1.10 bits per heavy atom. The molecule has 23 N–H and O–H groups in total. The van der Waals surface area contributed by atoms with Crippen molar-refractivity contribution in [3.63, 3.8) is 0 Å². The second-order valence-corrected chi connectivity index (χ2v) is 21.4. The molecule has 0 aliphatic carbocycles. The van der Waals surface area contributed by atoms with Crippen molar-refractivity contribution in [2.24, 2.45) is 39.8 Å². The van der Waals surface area contributed by atoms with E-state index in [2.05, 4.69) is 70.8 Å². The number of hydrogen-bond donors (Lipinski definition) is 20. The van der Waals surface area contributed by atoms with E-state index < -0.39 is 225 Å². The number of aliphatic hydroxyl groups excluding tert-OH is 2. The number of aliphatic carboxylic acids is 3. The summed E-state index contributed by atoms with van der Waals surface area (Å²) in [5, 5.41) is 72.2. The number of rotatable bonds is 41. The summed E-state index contributed by atoms with van der Waals surface area (Å²) in [7, 11) is 0. The highest BCUT2D eigenvalue weighted by atomic mass is 32.1. The van der Waals surface area contributed by atoms with Crippen LogP contribution in [0.5, 0.6) is 0 Å². The minimum absolute atomic E-state index is 0.0243. The van der Waals surface area contributed by atoms with Gasteiger partial charge in [-0.2, -0.15) is 12.6 Å². The van der Waals surface area contributed by atoms with E-state index in [4.69, 9.17) is 22.9 Å². The molecule has 496 valence electrons. The Bertz CT molecular complexity index is 2520. The first-order valence-corrected chi connectivity index (χ1v) is 28.7. The lowest BCUT2D eigenvalue weighted by Gasteiger charge is -2.31. The van der Waals surface area contributed by atoms with E-state index in [1.807, 2.05) is 6.92 Å². The highest BCUT2D eigenvalue weighted by molar-refractivity contribution is 7.80. The molecule has 1 fully saturated rings. The molecule has 1 heterocycles. The molecule has 1 aliphatic rings. The first-order chi connectivity index (χ1) is 41.2. The van der Waals surface area contributed by atoms with Gasteiger partial charge in [-0.25, -0.2) is 4.79 Å². The zero-order chi connectivity index (χ0) is 67.1. The number of carbonyl (C=O) groups excluding carboxylic acids is 12. The highest BCUT2D eigenvalue weighted by Gasteiger charge is 2.41. The molecular weight excluding hydrogens is 1190 g/mol. The number of nitrogens with one attached hydrogen (secondary N) is 10. The number of amides is 12. The van der Waals surface area contributed by atoms with Crippen LogP contribution in [0.15, 0.2) is 4.99 Å². The van der Waals surface area contributed by atoms with Crippen LogP contribution in [0.3, 0.4) is 0 Å². The molecule has 36 nitrogen and oxygen atoms in total. The van der Waals surface area contributed by atoms with Gasteiger partial charge < -0.3 is 107 Å². The van der Waals surface area contributed by atoms with E-state index in [1.54, 1.807) is 20.8 Å². The van der Waals surface area contributed by atoms with Crippen molar-refractivity contribution >= 4 is 107 Å². The molecule has 37 heteroatoms. The standard InChI is InChI=1S/C51H86N16O20S/c1-6-24(4)38(53)46(82)65-39(23(2)3)47(83)58-19-34(71)57-20-35(72)59-26(9-7-17-56-51(54)55)41(77)60-27(12-15-36(73)74)42(78)64-31(22-88)44(80)66-40(25(5)69)48(84)61-28(13-16-37(75)76)49(85)67-18-8-10-32(67)45(81)63-30(21-68)43(79)62-29(50(86)87)11-14-33(52)70/h23-32,38-40,68-69,88H,6-22,53H2,1-5H3,(H2,52,70)(H,57,71)(H,58,83)(H,59,72)(H,60,77)(H,61,84)(H,62,79)(H,63,81)(H,64,78)(H,65,82)(H,66,80)(H,73,74)(H,75,76)(H,86,87)(H4,54,55,56)/t24-,25+,26-,27-,28-,29-,30-,31-,32-,38-,39-,40-/m0/s1. The quantitative estimate of drug-likeness (QED) is 0.0117. The largest absolute Gasteiger partial charge is 0.481 e. The lowest BCUT2D eigenvalue weighted by molar-refractivity contribution is -0.145. The van der Waals surface area contributed by atoms with E-state index in [9.17, 15) is 97.5 Å². The fourth-order valence-corrected chi connectivity index (χ4v) is 8.59. The molecule has 0 unspecified atom stereocenters. The molecular formula is C51H86N16O20S. The number of carboxylic acids is 3. The predicted octanol–water partition coefficient (Wildman–Crippen LogP) is -8.45. The van der Waals surface area contributed by atoms with Gasteiger partial charge >= 0.3 is 17.9 Å². The third kappa shape index (κ3) is 27.9. The normalized spacial score (nSPS) is 16.5. The summed E-state index contributed by atoms with van der Waals surface area (Å²) in [5.74, 6) is -17.9. The number of thiol groups is 1. The number of aliphatic hydroxyl groups is 2. The van der Waals surface area contributed by atoms with E-state index in [0.29, 0.717) is 6.42 Å². The summed E-state index contributed by atoms with van der Waals surface area (Å²) >= 11 is 4.11. The molecule has 0 aromatic carbocycles. The molecule has 0 bridgehead atoms. The van der Waals surface area contributed by atoms with Gasteiger partial charge in [0.25, 0.3) is 0 Å². The van der Waals surface area contributed by atoms with Crippen LogP contribution in [0, 0.1) is 11.8 Å². The van der Waals surface area contributed by atoms with E-state index in [-0.39, 0.29) is 50.7 Å². The van der Waals surface area contributed by atoms with Crippen LogP contribution in [-0.2, 0) is 71.9 Å². The third-order valence-corrected chi connectivity index (χ3v) is 14.0. The molecule has 0 aromatic rings. The van der Waals surface area contributed by atoms with Crippen molar-refractivity contribution in [2.75, 3.05) is 38.5 Å². The molecule has 1 saturated heterocycles. The topological polar surface area (TPSA) is 597 Å². The molecule has 0 spiro atoms. The fraction of sp³-hybridized carbons (Fsp3) is 0.686. The van der Waals surface area contributed by atoms with Gasteiger partial charge in [-0.15, -0.1) is 0 Å². The molecule has 1 rings (SSSR count). The SMILES string of the molecule is CC[C@H](C)[C@H](N)C(=O)N[C@H](C(=O)NCC(=O)NCC(=O)N[C@@H](CCCN=C(N)N)C(=O)N[C@@H](CCC(=O)O)C(=O)N[C@@H](CS)C(=O)N[C@H](C(=O)N[C@@H](CCC(=O)O)C(=O)N1CCC[C@H]1C(=O)N[C@@H](CO)C(=O)N[C@@H](CCC(N)=O)C(=O)O)[C@@H](C)O)C(C)C. The Hall–Kier alpha value is -8.45. The lowest BCUT2D eigenvalue weighted by Crippen LogP contribution is -2.62. The number of guanidine groups is 1. The molecule has 0 saturated carbocycles. The first kappa shape index (κ1) is 77.6. The summed E-state index contributed by atoms with van der Waals surface area (Å²) < 4.78 is 0. The van der Waals surface area contributed by atoms with Crippen molar-refractivity contribution < 1.29 is 97.5 Å². The van der Waals surface area contributed by atoms with Crippen LogP contribution in [0.1, 0.15) is 105 Å². The number of carbonyl (C=O) groups is 15. The number of primary amides is 1. The molecule has 88 heavy (non-hydrogen) atoms. The van der Waals surface area contributed by atoms with Crippen LogP contribution in [-0.4, -0.2) is 230 Å². The van der Waals surface area contributed by atoms with Gasteiger partial charge in [0.1, 0.15) is 54.4 Å². The van der Waals surface area contributed by atoms with Crippen molar-refractivity contribution in [2.45, 2.75) is 172 Å².